The second kappa shape index (κ2) is 7.05. The van der Waals surface area contributed by atoms with E-state index >= 15 is 0 Å². The first kappa shape index (κ1) is 18.1. The van der Waals surface area contributed by atoms with Crippen molar-refractivity contribution in [1.82, 2.24) is 4.90 Å². The van der Waals surface area contributed by atoms with E-state index in [2.05, 4.69) is 10.1 Å². The number of nitrogens with zero attached hydrogens (tertiary/aromatic N) is 2. The van der Waals surface area contributed by atoms with Gasteiger partial charge in [-0.2, -0.15) is 0 Å². The highest BCUT2D eigenvalue weighted by Gasteiger charge is 2.29. The second-order valence-electron chi connectivity index (χ2n) is 6.82. The van der Waals surface area contributed by atoms with Crippen molar-refractivity contribution in [3.8, 4) is 11.5 Å². The van der Waals surface area contributed by atoms with E-state index in [1.807, 2.05) is 36.2 Å². The maximum atomic E-state index is 12.5. The predicted octanol–water partition coefficient (Wildman–Crippen LogP) is 2.10. The van der Waals surface area contributed by atoms with Gasteiger partial charge in [0.05, 0.1) is 19.2 Å². The number of carbonyl (C=O) groups is 2. The number of benzene rings is 2. The predicted molar refractivity (Wildman–Crippen MR) is 104 cm³/mol. The van der Waals surface area contributed by atoms with Crippen molar-refractivity contribution < 1.29 is 19.1 Å². The first-order valence-corrected chi connectivity index (χ1v) is 9.03. The lowest BCUT2D eigenvalue weighted by Crippen LogP contribution is -2.40. The van der Waals surface area contributed by atoms with Gasteiger partial charge in [0.2, 0.25) is 0 Å². The van der Waals surface area contributed by atoms with Crippen molar-refractivity contribution >= 4 is 23.3 Å². The number of hydrogen-bond acceptors (Lipinski definition) is 7. The molecule has 0 radical (unpaired) electrons. The molecule has 28 heavy (non-hydrogen) atoms. The number of rotatable bonds is 5. The van der Waals surface area contributed by atoms with Gasteiger partial charge in [0.25, 0.3) is 5.91 Å². The Morgan fingerprint density at radius 2 is 2.14 bits per heavy atom. The lowest BCUT2D eigenvalue weighted by atomic mass is 10.1. The number of fused-ring (bicyclic) bond motifs is 2. The molecule has 8 heteroatoms. The molecule has 1 unspecified atom stereocenters. The van der Waals surface area contributed by atoms with E-state index in [1.54, 1.807) is 17.0 Å². The number of amides is 1. The van der Waals surface area contributed by atoms with Crippen molar-refractivity contribution in [2.75, 3.05) is 30.9 Å². The molecule has 0 spiro atoms. The number of methoxy groups -OCH3 is 1. The van der Waals surface area contributed by atoms with Crippen LogP contribution in [0.3, 0.4) is 0 Å². The molecular weight excluding hydrogens is 360 g/mol. The number of anilines is 2. The van der Waals surface area contributed by atoms with E-state index in [-0.39, 0.29) is 24.6 Å². The van der Waals surface area contributed by atoms with Gasteiger partial charge < -0.3 is 24.6 Å². The molecule has 0 aliphatic carbocycles. The van der Waals surface area contributed by atoms with E-state index in [0.717, 1.165) is 16.9 Å². The summed E-state index contributed by atoms with van der Waals surface area (Å²) in [6.07, 6.45) is -0.129. The van der Waals surface area contributed by atoms with Crippen LogP contribution in [-0.2, 0) is 16.1 Å². The maximum absolute atomic E-state index is 12.5. The molecule has 1 amide bonds. The molecule has 2 aliphatic heterocycles. The molecule has 8 nitrogen and oxygen atoms in total. The number of para-hydroxylation sites is 1. The van der Waals surface area contributed by atoms with Crippen LogP contribution in [0, 0.1) is 0 Å². The van der Waals surface area contributed by atoms with Crippen LogP contribution >= 0.6 is 0 Å². The van der Waals surface area contributed by atoms with Gasteiger partial charge in [-0.1, -0.05) is 6.07 Å². The Bertz CT molecular complexity index is 946. The number of hydrogen-bond donors (Lipinski definition) is 2. The van der Waals surface area contributed by atoms with E-state index in [0.29, 0.717) is 30.2 Å². The Balaban J connectivity index is 1.52. The summed E-state index contributed by atoms with van der Waals surface area (Å²) in [7, 11) is 3.25. The van der Waals surface area contributed by atoms with Crippen LogP contribution in [0.2, 0.25) is 0 Å². The van der Waals surface area contributed by atoms with Gasteiger partial charge in [-0.15, -0.1) is 0 Å². The summed E-state index contributed by atoms with van der Waals surface area (Å²) in [5.41, 5.74) is 9.36. The number of carbonyl (C=O) groups excluding carboxylic acids is 2. The van der Waals surface area contributed by atoms with Crippen LogP contribution in [0.4, 0.5) is 11.4 Å². The van der Waals surface area contributed by atoms with E-state index in [1.165, 1.54) is 7.11 Å². The fourth-order valence-corrected chi connectivity index (χ4v) is 3.49. The number of ether oxygens (including phenoxy) is 2. The quantitative estimate of drug-likeness (QED) is 0.765. The Morgan fingerprint density at radius 1 is 1.32 bits per heavy atom. The number of esters is 1. The molecule has 4 rings (SSSR count). The summed E-state index contributed by atoms with van der Waals surface area (Å²) in [6.45, 7) is 0.776. The van der Waals surface area contributed by atoms with Crippen LogP contribution in [-0.4, -0.2) is 43.8 Å². The molecule has 0 bridgehead atoms. The van der Waals surface area contributed by atoms with Gasteiger partial charge in [0.1, 0.15) is 11.4 Å². The van der Waals surface area contributed by atoms with Crippen LogP contribution in [0.5, 0.6) is 11.5 Å². The minimum Gasteiger partial charge on any atom is -0.469 e. The van der Waals surface area contributed by atoms with Gasteiger partial charge in [0.15, 0.2) is 12.0 Å². The molecule has 2 aliphatic rings. The van der Waals surface area contributed by atoms with Gasteiger partial charge in [-0.05, 0) is 35.9 Å². The molecule has 0 fully saturated rings. The smallest absolute Gasteiger partial charge is 0.307 e. The molecule has 0 saturated heterocycles. The lowest BCUT2D eigenvalue weighted by Gasteiger charge is -2.16. The monoisotopic (exact) mass is 382 g/mol. The van der Waals surface area contributed by atoms with Gasteiger partial charge in [0, 0.05) is 25.7 Å². The van der Waals surface area contributed by atoms with E-state index in [4.69, 9.17) is 10.5 Å². The third-order valence-corrected chi connectivity index (χ3v) is 5.09. The van der Waals surface area contributed by atoms with Gasteiger partial charge in [-0.3, -0.25) is 15.3 Å². The topological polar surface area (TPSA) is 97.1 Å². The number of nitrogens with two attached hydrogens (primary N) is 1. The Kier molecular flexibility index (Phi) is 4.56. The largest absolute Gasteiger partial charge is 0.469 e. The summed E-state index contributed by atoms with van der Waals surface area (Å²) in [6, 6.07) is 11.2. The van der Waals surface area contributed by atoms with Crippen molar-refractivity contribution in [3.63, 3.8) is 0 Å². The zero-order valence-corrected chi connectivity index (χ0v) is 15.8. The van der Waals surface area contributed by atoms with Crippen molar-refractivity contribution in [3.05, 3.63) is 47.5 Å². The minimum atomic E-state index is -0.332. The Morgan fingerprint density at radius 3 is 2.93 bits per heavy atom. The maximum Gasteiger partial charge on any atom is 0.307 e. The van der Waals surface area contributed by atoms with Crippen molar-refractivity contribution in [2.24, 2.45) is 5.73 Å². The SMILES string of the molecule is COC(=O)CCN1Cc2cc(Oc3cccc4c3NC(N)N4C)ccc2C1=O. The zero-order chi connectivity index (χ0) is 19.8. The van der Waals surface area contributed by atoms with Crippen LogP contribution in [0.15, 0.2) is 36.4 Å². The molecular formula is C20H22N4O4. The fourth-order valence-electron chi connectivity index (χ4n) is 3.49. The highest BCUT2D eigenvalue weighted by atomic mass is 16.5. The molecule has 2 heterocycles. The van der Waals surface area contributed by atoms with E-state index in [9.17, 15) is 9.59 Å². The first-order valence-electron chi connectivity index (χ1n) is 9.03. The Labute approximate surface area is 162 Å². The normalized spacial score (nSPS) is 17.2. The summed E-state index contributed by atoms with van der Waals surface area (Å²) in [4.78, 5) is 27.4. The summed E-state index contributed by atoms with van der Waals surface area (Å²) in [5, 5.41) is 3.21. The van der Waals surface area contributed by atoms with Gasteiger partial charge >= 0.3 is 5.97 Å². The summed E-state index contributed by atoms with van der Waals surface area (Å²) >= 11 is 0. The first-order chi connectivity index (χ1) is 13.5. The highest BCUT2D eigenvalue weighted by molar-refractivity contribution is 5.98. The standard InChI is InChI=1S/C20H22N4O4/c1-23-15-4-3-5-16(18(15)22-20(23)21)28-13-6-7-14-12(10-13)11-24(19(14)26)9-8-17(25)27-2/h3-7,10,20,22H,8-9,11,21H2,1-2H3. The second-order valence-corrected chi connectivity index (χ2v) is 6.82. The molecule has 0 aromatic heterocycles. The molecule has 2 aromatic rings. The van der Waals surface area contributed by atoms with Gasteiger partial charge in [-0.25, -0.2) is 0 Å². The third kappa shape index (κ3) is 3.11. The van der Waals surface area contributed by atoms with Crippen LogP contribution in [0.1, 0.15) is 22.3 Å². The molecule has 3 N–H and O–H groups in total. The molecule has 1 atom stereocenters. The molecule has 0 saturated carbocycles. The molecule has 146 valence electrons. The minimum absolute atomic E-state index is 0.0830. The summed E-state index contributed by atoms with van der Waals surface area (Å²) in [5.74, 6) is 0.894. The lowest BCUT2D eigenvalue weighted by molar-refractivity contribution is -0.140. The highest BCUT2D eigenvalue weighted by Crippen LogP contribution is 2.42. The van der Waals surface area contributed by atoms with Crippen molar-refractivity contribution in [2.45, 2.75) is 19.3 Å². The fraction of sp³-hybridized carbons (Fsp3) is 0.300. The zero-order valence-electron chi connectivity index (χ0n) is 15.8. The average molecular weight is 382 g/mol. The molecule has 2 aromatic carbocycles. The summed E-state index contributed by atoms with van der Waals surface area (Å²) < 4.78 is 10.7. The average Bonchev–Trinajstić information content (AvgIpc) is 3.17. The Hall–Kier alpha value is -3.26. The third-order valence-electron chi connectivity index (χ3n) is 5.09. The van der Waals surface area contributed by atoms with Crippen LogP contribution in [0.25, 0.3) is 0 Å². The number of nitrogens with one attached hydrogen (secondary N) is 1. The van der Waals surface area contributed by atoms with Crippen molar-refractivity contribution in [1.29, 1.82) is 0 Å². The van der Waals surface area contributed by atoms with Crippen LogP contribution < -0.4 is 20.7 Å². The van der Waals surface area contributed by atoms with E-state index < -0.39 is 0 Å².